The number of rotatable bonds is 12. The molecule has 0 atom stereocenters. The van der Waals surface area contributed by atoms with E-state index < -0.39 is 0 Å². The first-order chi connectivity index (χ1) is 15.1. The molecule has 166 valence electrons. The quantitative estimate of drug-likeness (QED) is 0.402. The van der Waals surface area contributed by atoms with Crippen molar-refractivity contribution in [3.05, 3.63) is 48.0 Å². The molecule has 2 aromatic rings. The monoisotopic (exact) mass is 423 g/mol. The zero-order valence-electron chi connectivity index (χ0n) is 18.5. The summed E-state index contributed by atoms with van der Waals surface area (Å²) in [5.41, 5.74) is 3.26. The first-order valence-corrected chi connectivity index (χ1v) is 11.2. The van der Waals surface area contributed by atoms with Crippen molar-refractivity contribution in [2.45, 2.75) is 52.4 Å². The third kappa shape index (κ3) is 7.31. The molecule has 1 aliphatic carbocycles. The van der Waals surface area contributed by atoms with E-state index in [2.05, 4.69) is 22.9 Å². The predicted molar refractivity (Wildman–Crippen MR) is 126 cm³/mol. The summed E-state index contributed by atoms with van der Waals surface area (Å²) >= 11 is 0. The maximum Gasteiger partial charge on any atom is 0.243 e. The van der Waals surface area contributed by atoms with E-state index in [1.165, 1.54) is 19.3 Å². The molecule has 0 aliphatic heterocycles. The van der Waals surface area contributed by atoms with E-state index in [9.17, 15) is 9.59 Å². The largest absolute Gasteiger partial charge is 0.494 e. The van der Waals surface area contributed by atoms with Crippen LogP contribution in [0.5, 0.6) is 5.75 Å². The molecule has 3 N–H and O–H groups in total. The number of ether oxygens (including phenoxy) is 1. The average molecular weight is 424 g/mol. The van der Waals surface area contributed by atoms with Gasteiger partial charge in [0.05, 0.1) is 13.2 Å². The Bertz CT molecular complexity index is 876. The Labute approximate surface area is 184 Å². The number of benzene rings is 2. The van der Waals surface area contributed by atoms with Crippen molar-refractivity contribution in [3.63, 3.8) is 0 Å². The Balaban J connectivity index is 1.44. The van der Waals surface area contributed by atoms with Crippen LogP contribution in [0.2, 0.25) is 0 Å². The lowest BCUT2D eigenvalue weighted by Gasteiger charge is -2.14. The van der Waals surface area contributed by atoms with Crippen molar-refractivity contribution in [2.75, 3.05) is 29.1 Å². The highest BCUT2D eigenvalue weighted by molar-refractivity contribution is 5.96. The number of unbranched alkanes of at least 4 members (excludes halogenated alkanes) is 3. The summed E-state index contributed by atoms with van der Waals surface area (Å²) in [5.74, 6) is 0.902. The summed E-state index contributed by atoms with van der Waals surface area (Å²) < 4.78 is 5.73. The summed E-state index contributed by atoms with van der Waals surface area (Å²) in [4.78, 5) is 24.4. The number of anilines is 3. The molecule has 0 unspecified atom stereocenters. The first kappa shape index (κ1) is 22.7. The Morgan fingerprint density at radius 1 is 0.968 bits per heavy atom. The van der Waals surface area contributed by atoms with Gasteiger partial charge >= 0.3 is 0 Å². The predicted octanol–water partition coefficient (Wildman–Crippen LogP) is 5.35. The molecule has 2 amide bonds. The third-order valence-corrected chi connectivity index (χ3v) is 5.38. The van der Waals surface area contributed by atoms with Crippen LogP contribution in [-0.4, -0.2) is 25.0 Å². The molecule has 3 rings (SSSR count). The normalized spacial score (nSPS) is 12.8. The highest BCUT2D eigenvalue weighted by Gasteiger charge is 2.29. The SMILES string of the molecule is CCCCCCOc1ccc(NC(=O)CNc2cccc(NC(=O)C3CC3)c2C)cc1. The highest BCUT2D eigenvalue weighted by Crippen LogP contribution is 2.31. The van der Waals surface area contributed by atoms with Gasteiger partial charge in [-0.2, -0.15) is 0 Å². The van der Waals surface area contributed by atoms with Gasteiger partial charge in [-0.1, -0.05) is 32.3 Å². The fraction of sp³-hybridized carbons (Fsp3) is 0.440. The van der Waals surface area contributed by atoms with Gasteiger partial charge in [0.1, 0.15) is 5.75 Å². The molecule has 6 heteroatoms. The summed E-state index contributed by atoms with van der Waals surface area (Å²) in [7, 11) is 0. The minimum atomic E-state index is -0.139. The van der Waals surface area contributed by atoms with Gasteiger partial charge in [0.15, 0.2) is 0 Å². The molecular weight excluding hydrogens is 390 g/mol. The molecule has 2 aromatic carbocycles. The van der Waals surface area contributed by atoms with Gasteiger partial charge in [-0.05, 0) is 68.1 Å². The molecule has 1 aliphatic rings. The second kappa shape index (κ2) is 11.4. The maximum atomic E-state index is 12.3. The van der Waals surface area contributed by atoms with E-state index in [0.29, 0.717) is 0 Å². The van der Waals surface area contributed by atoms with Crippen molar-refractivity contribution >= 4 is 28.9 Å². The molecule has 6 nitrogen and oxygen atoms in total. The first-order valence-electron chi connectivity index (χ1n) is 11.2. The Morgan fingerprint density at radius 2 is 1.71 bits per heavy atom. The van der Waals surface area contributed by atoms with Crippen LogP contribution in [0.3, 0.4) is 0 Å². The fourth-order valence-corrected chi connectivity index (χ4v) is 3.28. The van der Waals surface area contributed by atoms with Crippen LogP contribution >= 0.6 is 0 Å². The highest BCUT2D eigenvalue weighted by atomic mass is 16.5. The van der Waals surface area contributed by atoms with Gasteiger partial charge in [-0.25, -0.2) is 0 Å². The summed E-state index contributed by atoms with van der Waals surface area (Å²) in [5, 5.41) is 9.02. The van der Waals surface area contributed by atoms with Crippen LogP contribution in [0.1, 0.15) is 51.0 Å². The molecule has 1 saturated carbocycles. The number of hydrogen-bond donors (Lipinski definition) is 3. The van der Waals surface area contributed by atoms with Gasteiger partial charge in [0, 0.05) is 23.0 Å². The van der Waals surface area contributed by atoms with E-state index in [1.54, 1.807) is 0 Å². The third-order valence-electron chi connectivity index (χ3n) is 5.38. The van der Waals surface area contributed by atoms with Crippen LogP contribution in [0.25, 0.3) is 0 Å². The molecule has 31 heavy (non-hydrogen) atoms. The van der Waals surface area contributed by atoms with Crippen LogP contribution < -0.4 is 20.7 Å². The summed E-state index contributed by atoms with van der Waals surface area (Å²) in [6.07, 6.45) is 6.63. The van der Waals surface area contributed by atoms with Crippen molar-refractivity contribution in [2.24, 2.45) is 5.92 Å². The Morgan fingerprint density at radius 3 is 2.42 bits per heavy atom. The number of carbonyl (C=O) groups is 2. The lowest BCUT2D eigenvalue weighted by Crippen LogP contribution is -2.22. The van der Waals surface area contributed by atoms with Crippen LogP contribution in [-0.2, 0) is 9.59 Å². The fourth-order valence-electron chi connectivity index (χ4n) is 3.28. The van der Waals surface area contributed by atoms with Gasteiger partial charge in [0.25, 0.3) is 0 Å². The molecule has 0 bridgehead atoms. The molecule has 1 fully saturated rings. The minimum absolute atomic E-state index is 0.0754. The summed E-state index contributed by atoms with van der Waals surface area (Å²) in [6.45, 7) is 4.98. The number of carbonyl (C=O) groups excluding carboxylic acids is 2. The zero-order chi connectivity index (χ0) is 22.1. The van der Waals surface area contributed by atoms with Gasteiger partial charge in [-0.3, -0.25) is 9.59 Å². The molecule has 0 heterocycles. The zero-order valence-corrected chi connectivity index (χ0v) is 18.5. The second-order valence-corrected chi connectivity index (χ2v) is 8.08. The molecule has 0 spiro atoms. The van der Waals surface area contributed by atoms with E-state index >= 15 is 0 Å². The second-order valence-electron chi connectivity index (χ2n) is 8.08. The van der Waals surface area contributed by atoms with Crippen molar-refractivity contribution in [1.29, 1.82) is 0 Å². The number of amides is 2. The molecular formula is C25H33N3O3. The van der Waals surface area contributed by atoms with Crippen LogP contribution in [0.4, 0.5) is 17.1 Å². The van der Waals surface area contributed by atoms with Gasteiger partial charge in [-0.15, -0.1) is 0 Å². The Hall–Kier alpha value is -3.02. The minimum Gasteiger partial charge on any atom is -0.494 e. The standard InChI is InChI=1S/C25H33N3O3/c1-3-4-5-6-16-31-21-14-12-20(13-15-21)27-24(29)17-26-22-8-7-9-23(18(22)2)28-25(30)19-10-11-19/h7-9,12-15,19,26H,3-6,10-11,16-17H2,1-2H3,(H,27,29)(H,28,30). The van der Waals surface area contributed by atoms with Crippen LogP contribution in [0.15, 0.2) is 42.5 Å². The average Bonchev–Trinajstić information content (AvgIpc) is 3.61. The van der Waals surface area contributed by atoms with E-state index in [0.717, 1.165) is 54.2 Å². The maximum absolute atomic E-state index is 12.3. The molecule has 0 radical (unpaired) electrons. The molecule has 0 saturated heterocycles. The van der Waals surface area contributed by atoms with Crippen molar-refractivity contribution in [1.82, 2.24) is 0 Å². The van der Waals surface area contributed by atoms with Crippen LogP contribution in [0, 0.1) is 12.8 Å². The van der Waals surface area contributed by atoms with E-state index in [1.807, 2.05) is 49.4 Å². The van der Waals surface area contributed by atoms with Gasteiger partial charge in [0.2, 0.25) is 11.8 Å². The topological polar surface area (TPSA) is 79.5 Å². The lowest BCUT2D eigenvalue weighted by molar-refractivity contribution is -0.117. The number of hydrogen-bond acceptors (Lipinski definition) is 4. The van der Waals surface area contributed by atoms with Gasteiger partial charge < -0.3 is 20.7 Å². The Kier molecular flexibility index (Phi) is 8.33. The van der Waals surface area contributed by atoms with Crippen molar-refractivity contribution < 1.29 is 14.3 Å². The van der Waals surface area contributed by atoms with E-state index in [-0.39, 0.29) is 24.3 Å². The van der Waals surface area contributed by atoms with E-state index in [4.69, 9.17) is 4.74 Å². The van der Waals surface area contributed by atoms with Crippen molar-refractivity contribution in [3.8, 4) is 5.75 Å². The smallest absolute Gasteiger partial charge is 0.243 e. The summed E-state index contributed by atoms with van der Waals surface area (Å²) in [6, 6.07) is 13.1. The number of nitrogens with one attached hydrogen (secondary N) is 3. The molecule has 0 aromatic heterocycles. The lowest BCUT2D eigenvalue weighted by atomic mass is 10.1.